The molecule has 1 atom stereocenters. The summed E-state index contributed by atoms with van der Waals surface area (Å²) in [5, 5.41) is 3.53. The van der Waals surface area contributed by atoms with Gasteiger partial charge in [-0.1, -0.05) is 19.9 Å². The van der Waals surface area contributed by atoms with E-state index in [-0.39, 0.29) is 0 Å². The van der Waals surface area contributed by atoms with Crippen molar-refractivity contribution in [3.63, 3.8) is 0 Å². The smallest absolute Gasteiger partial charge is 0.128 e. The maximum absolute atomic E-state index is 4.54. The van der Waals surface area contributed by atoms with E-state index in [9.17, 15) is 0 Å². The molecule has 0 aliphatic carbocycles. The maximum atomic E-state index is 4.54. The highest BCUT2D eigenvalue weighted by molar-refractivity contribution is 5.41. The molecule has 0 aromatic carbocycles. The topological polar surface area (TPSA) is 28.2 Å². The van der Waals surface area contributed by atoms with Gasteiger partial charge in [0.25, 0.3) is 0 Å². The zero-order valence-electron chi connectivity index (χ0n) is 11.1. The third-order valence-corrected chi connectivity index (χ3v) is 3.33. The summed E-state index contributed by atoms with van der Waals surface area (Å²) in [6.07, 6.45) is 4.51. The minimum Gasteiger partial charge on any atom is -0.352 e. The summed E-state index contributed by atoms with van der Waals surface area (Å²) in [5.41, 5.74) is 1.23. The number of nitrogens with one attached hydrogen (secondary N) is 1. The van der Waals surface area contributed by atoms with E-state index in [0.29, 0.717) is 12.1 Å². The number of anilines is 1. The molecule has 0 spiro atoms. The molecular weight excluding hydrogens is 210 g/mol. The average molecular weight is 233 g/mol. The maximum Gasteiger partial charge on any atom is 0.128 e. The first-order valence-corrected chi connectivity index (χ1v) is 6.59. The van der Waals surface area contributed by atoms with Crippen LogP contribution in [0.15, 0.2) is 18.3 Å². The molecule has 17 heavy (non-hydrogen) atoms. The molecule has 1 aliphatic rings. The summed E-state index contributed by atoms with van der Waals surface area (Å²) in [6.45, 7) is 8.68. The lowest BCUT2D eigenvalue weighted by Gasteiger charge is -2.26. The van der Waals surface area contributed by atoms with Gasteiger partial charge < -0.3 is 10.2 Å². The van der Waals surface area contributed by atoms with Gasteiger partial charge in [0.2, 0.25) is 0 Å². The number of hydrogen-bond donors (Lipinski definition) is 1. The van der Waals surface area contributed by atoms with E-state index < -0.39 is 0 Å². The first-order valence-electron chi connectivity index (χ1n) is 6.59. The number of nitrogens with zero attached hydrogens (tertiary/aromatic N) is 2. The zero-order chi connectivity index (χ0) is 12.3. The van der Waals surface area contributed by atoms with Crippen LogP contribution in [0.1, 0.15) is 32.3 Å². The van der Waals surface area contributed by atoms with Gasteiger partial charge in [0.1, 0.15) is 5.82 Å². The third kappa shape index (κ3) is 3.19. The highest BCUT2D eigenvalue weighted by Gasteiger charge is 2.25. The van der Waals surface area contributed by atoms with E-state index in [1.54, 1.807) is 0 Å². The monoisotopic (exact) mass is 233 g/mol. The van der Waals surface area contributed by atoms with Crippen molar-refractivity contribution in [2.45, 2.75) is 45.7 Å². The van der Waals surface area contributed by atoms with Crippen LogP contribution < -0.4 is 10.2 Å². The van der Waals surface area contributed by atoms with Crippen LogP contribution in [0.5, 0.6) is 0 Å². The van der Waals surface area contributed by atoms with Crippen LogP contribution >= 0.6 is 0 Å². The van der Waals surface area contributed by atoms with E-state index in [0.717, 1.165) is 18.9 Å². The number of rotatable bonds is 4. The summed E-state index contributed by atoms with van der Waals surface area (Å²) in [7, 11) is 0. The van der Waals surface area contributed by atoms with Crippen molar-refractivity contribution < 1.29 is 0 Å². The van der Waals surface area contributed by atoms with Crippen molar-refractivity contribution in [3.8, 4) is 0 Å². The van der Waals surface area contributed by atoms with Crippen molar-refractivity contribution in [2.24, 2.45) is 0 Å². The summed E-state index contributed by atoms with van der Waals surface area (Å²) in [6, 6.07) is 5.45. The van der Waals surface area contributed by atoms with Crippen molar-refractivity contribution in [2.75, 3.05) is 18.0 Å². The Balaban J connectivity index is 2.01. The molecule has 2 heterocycles. The fourth-order valence-electron chi connectivity index (χ4n) is 2.35. The number of aromatic nitrogens is 1. The quantitative estimate of drug-likeness (QED) is 0.865. The van der Waals surface area contributed by atoms with Crippen LogP contribution in [0.3, 0.4) is 0 Å². The predicted molar refractivity (Wildman–Crippen MR) is 72.5 cm³/mol. The predicted octanol–water partition coefficient (Wildman–Crippen LogP) is 2.36. The molecule has 0 amide bonds. The molecule has 1 aliphatic heterocycles. The second-order valence-electron chi connectivity index (χ2n) is 5.25. The molecule has 0 radical (unpaired) electrons. The van der Waals surface area contributed by atoms with Crippen molar-refractivity contribution in [1.29, 1.82) is 0 Å². The highest BCUT2D eigenvalue weighted by Crippen LogP contribution is 2.23. The Morgan fingerprint density at radius 3 is 2.94 bits per heavy atom. The summed E-state index contributed by atoms with van der Waals surface area (Å²) in [4.78, 5) is 6.98. The Bertz CT molecular complexity index is 345. The Kier molecular flexibility index (Phi) is 4.00. The van der Waals surface area contributed by atoms with Crippen molar-refractivity contribution >= 4 is 5.82 Å². The van der Waals surface area contributed by atoms with Crippen molar-refractivity contribution in [3.05, 3.63) is 23.9 Å². The lowest BCUT2D eigenvalue weighted by molar-refractivity contribution is 0.522. The van der Waals surface area contributed by atoms with E-state index >= 15 is 0 Å². The summed E-state index contributed by atoms with van der Waals surface area (Å²) >= 11 is 0. The van der Waals surface area contributed by atoms with Gasteiger partial charge in [-0.25, -0.2) is 4.98 Å². The Morgan fingerprint density at radius 1 is 1.47 bits per heavy atom. The average Bonchev–Trinajstić information content (AvgIpc) is 2.75. The molecular formula is C14H23N3. The molecule has 0 saturated carbocycles. The van der Waals surface area contributed by atoms with Gasteiger partial charge in [0.05, 0.1) is 0 Å². The Morgan fingerprint density at radius 2 is 2.29 bits per heavy atom. The van der Waals surface area contributed by atoms with Gasteiger partial charge >= 0.3 is 0 Å². The van der Waals surface area contributed by atoms with Crippen LogP contribution in [0, 0.1) is 6.92 Å². The normalized spacial score (nSPS) is 20.2. The van der Waals surface area contributed by atoms with Crippen LogP contribution in [-0.4, -0.2) is 30.2 Å². The van der Waals surface area contributed by atoms with E-state index in [4.69, 9.17) is 0 Å². The molecule has 3 nitrogen and oxygen atoms in total. The number of aryl methyl sites for hydroxylation is 1. The third-order valence-electron chi connectivity index (χ3n) is 3.33. The molecule has 94 valence electrons. The Labute approximate surface area is 104 Å². The van der Waals surface area contributed by atoms with Gasteiger partial charge in [-0.05, 0) is 31.4 Å². The van der Waals surface area contributed by atoms with E-state index in [1.807, 2.05) is 6.20 Å². The molecule has 1 unspecified atom stereocenters. The SMILES string of the molecule is Cc1ccc(N2CCCC2CNC(C)C)nc1. The largest absolute Gasteiger partial charge is 0.352 e. The zero-order valence-corrected chi connectivity index (χ0v) is 11.1. The molecule has 2 rings (SSSR count). The fraction of sp³-hybridized carbons (Fsp3) is 0.643. The van der Waals surface area contributed by atoms with Crippen LogP contribution in [0.2, 0.25) is 0 Å². The highest BCUT2D eigenvalue weighted by atomic mass is 15.2. The van der Waals surface area contributed by atoms with Gasteiger partial charge in [0.15, 0.2) is 0 Å². The molecule has 1 saturated heterocycles. The van der Waals surface area contributed by atoms with Gasteiger partial charge in [-0.15, -0.1) is 0 Å². The second-order valence-corrected chi connectivity index (χ2v) is 5.25. The number of hydrogen-bond acceptors (Lipinski definition) is 3. The first kappa shape index (κ1) is 12.4. The van der Waals surface area contributed by atoms with Gasteiger partial charge in [-0.2, -0.15) is 0 Å². The molecule has 0 bridgehead atoms. The van der Waals surface area contributed by atoms with Crippen LogP contribution in [0.4, 0.5) is 5.82 Å². The standard InChI is InChI=1S/C14H23N3/c1-11(2)15-10-13-5-4-8-17(13)14-7-6-12(3)9-16-14/h6-7,9,11,13,15H,4-5,8,10H2,1-3H3. The van der Waals surface area contributed by atoms with Gasteiger partial charge in [0, 0.05) is 31.4 Å². The molecule has 3 heteroatoms. The van der Waals surface area contributed by atoms with Crippen molar-refractivity contribution in [1.82, 2.24) is 10.3 Å². The van der Waals surface area contributed by atoms with Gasteiger partial charge in [-0.3, -0.25) is 0 Å². The first-order chi connectivity index (χ1) is 8.16. The summed E-state index contributed by atoms with van der Waals surface area (Å²) < 4.78 is 0. The molecule has 1 aromatic heterocycles. The minimum absolute atomic E-state index is 0.559. The van der Waals surface area contributed by atoms with E-state index in [2.05, 4.69) is 48.1 Å². The fourth-order valence-corrected chi connectivity index (χ4v) is 2.35. The van der Waals surface area contributed by atoms with Crippen LogP contribution in [0.25, 0.3) is 0 Å². The lowest BCUT2D eigenvalue weighted by atomic mass is 10.2. The number of pyridine rings is 1. The molecule has 1 N–H and O–H groups in total. The molecule has 1 fully saturated rings. The minimum atomic E-state index is 0.559. The lowest BCUT2D eigenvalue weighted by Crippen LogP contribution is -2.40. The summed E-state index contributed by atoms with van der Waals surface area (Å²) in [5.74, 6) is 1.13. The van der Waals surface area contributed by atoms with E-state index in [1.165, 1.54) is 18.4 Å². The Hall–Kier alpha value is -1.09. The second kappa shape index (κ2) is 5.50. The molecule has 1 aromatic rings. The van der Waals surface area contributed by atoms with Crippen LogP contribution in [-0.2, 0) is 0 Å².